The van der Waals surface area contributed by atoms with Gasteiger partial charge in [-0.05, 0) is 24.4 Å². The zero-order chi connectivity index (χ0) is 12.5. The summed E-state index contributed by atoms with van der Waals surface area (Å²) in [5.41, 5.74) is 0.948. The van der Waals surface area contributed by atoms with Crippen LogP contribution in [-0.4, -0.2) is 12.5 Å². The van der Waals surface area contributed by atoms with Gasteiger partial charge in [-0.1, -0.05) is 26.2 Å². The fourth-order valence-electron chi connectivity index (χ4n) is 1.66. The third kappa shape index (κ3) is 5.84. The number of unbranched alkanes of at least 4 members (excludes halogenated alkanes) is 3. The molecule has 0 aliphatic heterocycles. The Labute approximate surface area is 108 Å². The second kappa shape index (κ2) is 8.25. The van der Waals surface area contributed by atoms with E-state index < -0.39 is 0 Å². The van der Waals surface area contributed by atoms with Gasteiger partial charge < -0.3 is 10.6 Å². The van der Waals surface area contributed by atoms with Crippen LogP contribution in [0, 0.1) is 0 Å². The monoisotopic (exact) mass is 254 g/mol. The Balaban J connectivity index is 2.22. The Kier molecular flexibility index (Phi) is 6.89. The van der Waals surface area contributed by atoms with E-state index >= 15 is 0 Å². The van der Waals surface area contributed by atoms with Crippen molar-refractivity contribution in [3.05, 3.63) is 16.3 Å². The molecule has 0 fully saturated rings. The molecule has 0 aliphatic rings. The molecule has 0 atom stereocenters. The largest absolute Gasteiger partial charge is 0.325 e. The number of amides is 1. The van der Waals surface area contributed by atoms with E-state index in [1.54, 1.807) is 18.3 Å². The zero-order valence-electron chi connectivity index (χ0n) is 10.7. The molecule has 17 heavy (non-hydrogen) atoms. The van der Waals surface area contributed by atoms with Gasteiger partial charge in [0.25, 0.3) is 0 Å². The Bertz CT molecular complexity index is 336. The number of nitrogens with one attached hydrogen (secondary N) is 2. The summed E-state index contributed by atoms with van der Waals surface area (Å²) < 4.78 is 0. The molecule has 0 bridgehead atoms. The van der Waals surface area contributed by atoms with Crippen molar-refractivity contribution < 1.29 is 4.79 Å². The second-order valence-electron chi connectivity index (χ2n) is 4.18. The average Bonchev–Trinajstić information content (AvgIpc) is 2.70. The number of hydrogen-bond acceptors (Lipinski definition) is 3. The lowest BCUT2D eigenvalue weighted by molar-refractivity contribution is -0.114. The SMILES string of the molecule is CCCCCCNCc1sccc1NC(C)=O. The van der Waals surface area contributed by atoms with Crippen LogP contribution >= 0.6 is 11.3 Å². The number of carbonyl (C=O) groups is 1. The van der Waals surface area contributed by atoms with Crippen LogP contribution in [0.15, 0.2) is 11.4 Å². The minimum Gasteiger partial charge on any atom is -0.325 e. The first-order chi connectivity index (χ1) is 8.24. The topological polar surface area (TPSA) is 41.1 Å². The standard InChI is InChI=1S/C13H22N2OS/c1-3-4-5-6-8-14-10-13-12(7-9-17-13)15-11(2)16/h7,9,14H,3-6,8,10H2,1-2H3,(H,15,16). The average molecular weight is 254 g/mol. The molecule has 1 heterocycles. The highest BCUT2D eigenvalue weighted by molar-refractivity contribution is 7.10. The van der Waals surface area contributed by atoms with Crippen LogP contribution < -0.4 is 10.6 Å². The first-order valence-electron chi connectivity index (χ1n) is 6.28. The number of thiophene rings is 1. The molecule has 1 amide bonds. The Morgan fingerprint density at radius 2 is 2.18 bits per heavy atom. The second-order valence-corrected chi connectivity index (χ2v) is 5.18. The van der Waals surface area contributed by atoms with Gasteiger partial charge in [0.05, 0.1) is 5.69 Å². The predicted octanol–water partition coefficient (Wildman–Crippen LogP) is 3.38. The van der Waals surface area contributed by atoms with Crippen molar-refractivity contribution >= 4 is 22.9 Å². The lowest BCUT2D eigenvalue weighted by atomic mass is 10.2. The summed E-state index contributed by atoms with van der Waals surface area (Å²) in [6, 6.07) is 1.96. The van der Waals surface area contributed by atoms with E-state index in [4.69, 9.17) is 0 Å². The first-order valence-corrected chi connectivity index (χ1v) is 7.16. The minimum absolute atomic E-state index is 0.00686. The molecule has 1 aromatic rings. The van der Waals surface area contributed by atoms with Crippen molar-refractivity contribution in [1.29, 1.82) is 0 Å². The van der Waals surface area contributed by atoms with Crippen LogP contribution in [0.1, 0.15) is 44.4 Å². The summed E-state index contributed by atoms with van der Waals surface area (Å²) in [5.74, 6) is -0.00686. The van der Waals surface area contributed by atoms with E-state index in [1.165, 1.54) is 30.6 Å². The quantitative estimate of drug-likeness (QED) is 0.698. The van der Waals surface area contributed by atoms with Gasteiger partial charge >= 0.3 is 0 Å². The maximum Gasteiger partial charge on any atom is 0.221 e. The maximum atomic E-state index is 11.0. The van der Waals surface area contributed by atoms with E-state index in [2.05, 4.69) is 17.6 Å². The van der Waals surface area contributed by atoms with Gasteiger partial charge in [-0.25, -0.2) is 0 Å². The summed E-state index contributed by atoms with van der Waals surface area (Å²) in [7, 11) is 0. The van der Waals surface area contributed by atoms with Crippen molar-refractivity contribution in [2.45, 2.75) is 46.1 Å². The highest BCUT2D eigenvalue weighted by Gasteiger charge is 2.04. The number of hydrogen-bond donors (Lipinski definition) is 2. The molecular weight excluding hydrogens is 232 g/mol. The molecule has 0 aliphatic carbocycles. The van der Waals surface area contributed by atoms with Crippen molar-refractivity contribution in [2.75, 3.05) is 11.9 Å². The number of anilines is 1. The number of carbonyl (C=O) groups excluding carboxylic acids is 1. The third-order valence-electron chi connectivity index (χ3n) is 2.55. The van der Waals surface area contributed by atoms with Gasteiger partial charge in [0.15, 0.2) is 0 Å². The highest BCUT2D eigenvalue weighted by Crippen LogP contribution is 2.21. The fourth-order valence-corrected chi connectivity index (χ4v) is 2.46. The van der Waals surface area contributed by atoms with Crippen molar-refractivity contribution in [1.82, 2.24) is 5.32 Å². The highest BCUT2D eigenvalue weighted by atomic mass is 32.1. The Morgan fingerprint density at radius 3 is 2.88 bits per heavy atom. The summed E-state index contributed by atoms with van der Waals surface area (Å²) in [6.07, 6.45) is 5.12. The van der Waals surface area contributed by atoms with Crippen molar-refractivity contribution in [3.8, 4) is 0 Å². The van der Waals surface area contributed by atoms with Gasteiger partial charge in [0.1, 0.15) is 0 Å². The van der Waals surface area contributed by atoms with Gasteiger partial charge in [0, 0.05) is 18.3 Å². The molecule has 0 saturated heterocycles. The van der Waals surface area contributed by atoms with Crippen molar-refractivity contribution in [3.63, 3.8) is 0 Å². The smallest absolute Gasteiger partial charge is 0.221 e. The lowest BCUT2D eigenvalue weighted by Gasteiger charge is -2.06. The van der Waals surface area contributed by atoms with Crippen LogP contribution in [0.5, 0.6) is 0 Å². The zero-order valence-corrected chi connectivity index (χ0v) is 11.5. The Morgan fingerprint density at radius 1 is 1.35 bits per heavy atom. The molecule has 3 nitrogen and oxygen atoms in total. The minimum atomic E-state index is -0.00686. The first kappa shape index (κ1) is 14.2. The molecule has 0 aromatic carbocycles. The summed E-state index contributed by atoms with van der Waals surface area (Å²) >= 11 is 1.68. The van der Waals surface area contributed by atoms with Gasteiger partial charge in [0.2, 0.25) is 5.91 Å². The van der Waals surface area contributed by atoms with Crippen molar-refractivity contribution in [2.24, 2.45) is 0 Å². The molecule has 0 saturated carbocycles. The predicted molar refractivity (Wildman–Crippen MR) is 74.5 cm³/mol. The normalized spacial score (nSPS) is 10.5. The molecular formula is C13H22N2OS. The molecule has 0 radical (unpaired) electrons. The summed E-state index contributed by atoms with van der Waals surface area (Å²) in [6.45, 7) is 5.66. The van der Waals surface area contributed by atoms with E-state index in [1.807, 2.05) is 11.4 Å². The van der Waals surface area contributed by atoms with Gasteiger partial charge in [-0.2, -0.15) is 0 Å². The van der Waals surface area contributed by atoms with E-state index in [-0.39, 0.29) is 5.91 Å². The lowest BCUT2D eigenvalue weighted by Crippen LogP contribution is -2.15. The van der Waals surface area contributed by atoms with E-state index in [0.29, 0.717) is 0 Å². The van der Waals surface area contributed by atoms with Gasteiger partial charge in [-0.15, -0.1) is 11.3 Å². The molecule has 0 unspecified atom stereocenters. The van der Waals surface area contributed by atoms with Crippen LogP contribution in [0.3, 0.4) is 0 Å². The molecule has 1 rings (SSSR count). The van der Waals surface area contributed by atoms with Gasteiger partial charge in [-0.3, -0.25) is 4.79 Å². The van der Waals surface area contributed by atoms with Crippen LogP contribution in [0.2, 0.25) is 0 Å². The molecule has 1 aromatic heterocycles. The molecule has 2 N–H and O–H groups in total. The van der Waals surface area contributed by atoms with Crippen LogP contribution in [-0.2, 0) is 11.3 Å². The molecule has 0 spiro atoms. The maximum absolute atomic E-state index is 11.0. The van der Waals surface area contributed by atoms with Crippen LogP contribution in [0.4, 0.5) is 5.69 Å². The number of rotatable bonds is 8. The summed E-state index contributed by atoms with van der Waals surface area (Å²) in [5, 5.41) is 8.28. The summed E-state index contributed by atoms with van der Waals surface area (Å²) in [4.78, 5) is 12.2. The fraction of sp³-hybridized carbons (Fsp3) is 0.615. The molecule has 96 valence electrons. The Hall–Kier alpha value is -0.870. The van der Waals surface area contributed by atoms with E-state index in [9.17, 15) is 4.79 Å². The molecule has 4 heteroatoms. The van der Waals surface area contributed by atoms with E-state index in [0.717, 1.165) is 18.8 Å². The third-order valence-corrected chi connectivity index (χ3v) is 3.47. The van der Waals surface area contributed by atoms with Crippen LogP contribution in [0.25, 0.3) is 0 Å².